The van der Waals surface area contributed by atoms with Crippen molar-refractivity contribution in [3.63, 3.8) is 0 Å². The zero-order valence-corrected chi connectivity index (χ0v) is 24.1. The van der Waals surface area contributed by atoms with Crippen molar-refractivity contribution in [3.8, 4) is 5.75 Å². The molecule has 3 atom stereocenters. The van der Waals surface area contributed by atoms with Gasteiger partial charge in [-0.1, -0.05) is 44.4 Å². The first-order chi connectivity index (χ1) is 19.7. The van der Waals surface area contributed by atoms with Crippen LogP contribution in [0.2, 0.25) is 0 Å². The molecular weight excluding hydrogens is 524 g/mol. The van der Waals surface area contributed by atoms with Crippen molar-refractivity contribution in [3.05, 3.63) is 59.2 Å². The second-order valence-corrected chi connectivity index (χ2v) is 11.4. The van der Waals surface area contributed by atoms with E-state index in [0.29, 0.717) is 36.6 Å². The van der Waals surface area contributed by atoms with E-state index in [1.54, 1.807) is 47.4 Å². The Kier molecular flexibility index (Phi) is 10.2. The van der Waals surface area contributed by atoms with Crippen molar-refractivity contribution >= 4 is 23.6 Å². The smallest absolute Gasteiger partial charge is 0.335 e. The lowest BCUT2D eigenvalue weighted by Crippen LogP contribution is -2.50. The largest absolute Gasteiger partial charge is 0.486 e. The fraction of sp³-hybridized carbons (Fsp3) is 0.516. The van der Waals surface area contributed by atoms with E-state index in [4.69, 9.17) is 4.74 Å². The fourth-order valence-electron chi connectivity index (χ4n) is 5.59. The van der Waals surface area contributed by atoms with Gasteiger partial charge in [-0.2, -0.15) is 0 Å². The number of aliphatic hydroxyl groups is 1. The Bertz CT molecular complexity index is 1210. The zero-order valence-electron chi connectivity index (χ0n) is 24.1. The van der Waals surface area contributed by atoms with Crippen LogP contribution in [0.15, 0.2) is 42.5 Å². The molecule has 0 bridgehead atoms. The van der Waals surface area contributed by atoms with Gasteiger partial charge in [-0.3, -0.25) is 9.69 Å². The van der Waals surface area contributed by atoms with Gasteiger partial charge in [0.1, 0.15) is 6.10 Å². The molecule has 1 saturated carbocycles. The number of ether oxygens (including phenoxy) is 1. The summed E-state index contributed by atoms with van der Waals surface area (Å²) in [5.41, 5.74) is 1.96. The Morgan fingerprint density at radius 1 is 1.12 bits per heavy atom. The Morgan fingerprint density at radius 3 is 2.49 bits per heavy atom. The minimum atomic E-state index is -0.964. The van der Waals surface area contributed by atoms with Gasteiger partial charge < -0.3 is 30.5 Å². The van der Waals surface area contributed by atoms with Crippen molar-refractivity contribution in [2.24, 2.45) is 5.92 Å². The Labute approximate surface area is 241 Å². The molecule has 1 heterocycles. The van der Waals surface area contributed by atoms with Crippen LogP contribution in [0.3, 0.4) is 0 Å². The van der Waals surface area contributed by atoms with Crippen LogP contribution in [0.1, 0.15) is 72.2 Å². The van der Waals surface area contributed by atoms with E-state index >= 15 is 0 Å². The van der Waals surface area contributed by atoms with Gasteiger partial charge in [-0.05, 0) is 56.6 Å². The van der Waals surface area contributed by atoms with Gasteiger partial charge in [0.2, 0.25) is 0 Å². The van der Waals surface area contributed by atoms with Crippen molar-refractivity contribution in [1.82, 2.24) is 15.1 Å². The number of carbonyl (C=O) groups excluding carboxylic acids is 2. The fourth-order valence-corrected chi connectivity index (χ4v) is 5.59. The number of aromatic carboxylic acids is 1. The first kappa shape index (κ1) is 30.3. The van der Waals surface area contributed by atoms with E-state index in [1.165, 1.54) is 6.42 Å². The second-order valence-electron chi connectivity index (χ2n) is 11.4. The van der Waals surface area contributed by atoms with Crippen LogP contribution in [0.4, 0.5) is 10.5 Å². The van der Waals surface area contributed by atoms with E-state index in [9.17, 15) is 24.6 Å². The number of anilines is 1. The highest BCUT2D eigenvalue weighted by molar-refractivity contribution is 6.01. The number of carbonyl (C=O) groups is 3. The molecule has 4 rings (SSSR count). The third-order valence-electron chi connectivity index (χ3n) is 8.02. The average Bonchev–Trinajstić information content (AvgIpc) is 2.95. The number of aliphatic hydroxyl groups excluding tert-OH is 1. The standard InChI is InChI=1S/C31H42N4O6/c1-20-16-35(21(2)19-36)29(37)25-10-7-11-26(33-31(40)32-24-8-5-4-6-9-24)28(25)41-27(20)18-34(3)17-22-12-14-23(15-13-22)30(38)39/h7,10-15,20-21,24,27,36H,4-6,8-9,16-19H2,1-3H3,(H,38,39)(H2,32,33,40)/t20-,21-,27-/m1/s1. The van der Waals surface area contributed by atoms with E-state index in [1.807, 2.05) is 20.9 Å². The molecule has 10 heteroatoms. The minimum absolute atomic E-state index is 0.0953. The molecule has 0 aromatic heterocycles. The molecule has 2 aromatic rings. The molecule has 0 unspecified atom stereocenters. The van der Waals surface area contributed by atoms with Gasteiger partial charge in [0.25, 0.3) is 5.91 Å². The third-order valence-corrected chi connectivity index (χ3v) is 8.02. The first-order valence-electron chi connectivity index (χ1n) is 14.5. The van der Waals surface area contributed by atoms with E-state index in [0.717, 1.165) is 31.2 Å². The third kappa shape index (κ3) is 7.77. The topological polar surface area (TPSA) is 131 Å². The number of urea groups is 1. The highest BCUT2D eigenvalue weighted by Gasteiger charge is 2.34. The molecule has 10 nitrogen and oxygen atoms in total. The molecule has 0 radical (unpaired) electrons. The molecule has 2 aromatic carbocycles. The molecule has 1 fully saturated rings. The number of carboxylic acids is 1. The molecule has 0 spiro atoms. The maximum absolute atomic E-state index is 13.7. The normalized spacial score (nSPS) is 20.4. The number of hydrogen-bond acceptors (Lipinski definition) is 6. The van der Waals surface area contributed by atoms with E-state index < -0.39 is 12.0 Å². The summed E-state index contributed by atoms with van der Waals surface area (Å²) in [5, 5.41) is 25.1. The van der Waals surface area contributed by atoms with Gasteiger partial charge >= 0.3 is 12.0 Å². The highest BCUT2D eigenvalue weighted by Crippen LogP contribution is 2.35. The van der Waals surface area contributed by atoms with Gasteiger partial charge in [0.05, 0.1) is 29.5 Å². The van der Waals surface area contributed by atoms with Gasteiger partial charge in [-0.25, -0.2) is 9.59 Å². The molecule has 0 saturated heterocycles. The number of para-hydroxylation sites is 1. The number of nitrogens with zero attached hydrogens (tertiary/aromatic N) is 2. The Hall–Kier alpha value is -3.63. The summed E-state index contributed by atoms with van der Waals surface area (Å²) in [5.74, 6) is -0.993. The lowest BCUT2D eigenvalue weighted by atomic mass is 9.96. The lowest BCUT2D eigenvalue weighted by molar-refractivity contribution is 0.0343. The number of nitrogens with one attached hydrogen (secondary N) is 2. The predicted octanol–water partition coefficient (Wildman–Crippen LogP) is 4.19. The Balaban J connectivity index is 1.58. The van der Waals surface area contributed by atoms with E-state index in [2.05, 4.69) is 15.5 Å². The van der Waals surface area contributed by atoms with Gasteiger partial charge in [0.15, 0.2) is 5.75 Å². The number of fused-ring (bicyclic) bond motifs is 1. The molecule has 3 amide bonds. The predicted molar refractivity (Wildman–Crippen MR) is 156 cm³/mol. The lowest BCUT2D eigenvalue weighted by Gasteiger charge is -2.38. The summed E-state index contributed by atoms with van der Waals surface area (Å²) in [4.78, 5) is 41.6. The van der Waals surface area contributed by atoms with Crippen LogP contribution in [-0.2, 0) is 6.54 Å². The van der Waals surface area contributed by atoms with Gasteiger partial charge in [-0.15, -0.1) is 0 Å². The van der Waals surface area contributed by atoms with Crippen LogP contribution in [0, 0.1) is 5.92 Å². The van der Waals surface area contributed by atoms with Crippen molar-refractivity contribution < 1.29 is 29.3 Å². The SMILES string of the molecule is C[C@@H]1CN([C@H](C)CO)C(=O)c2cccc(NC(=O)NC3CCCCC3)c2O[C@@H]1CN(C)Cc1ccc(C(=O)O)cc1. The molecule has 1 aliphatic heterocycles. The molecule has 41 heavy (non-hydrogen) atoms. The number of benzene rings is 2. The molecule has 1 aliphatic carbocycles. The number of rotatable bonds is 9. The van der Waals surface area contributed by atoms with Crippen molar-refractivity contribution in [1.29, 1.82) is 0 Å². The molecule has 2 aliphatic rings. The molecule has 4 N–H and O–H groups in total. The summed E-state index contributed by atoms with van der Waals surface area (Å²) < 4.78 is 6.59. The summed E-state index contributed by atoms with van der Waals surface area (Å²) in [6.07, 6.45) is 4.94. The summed E-state index contributed by atoms with van der Waals surface area (Å²) in [7, 11) is 1.96. The highest BCUT2D eigenvalue weighted by atomic mass is 16.5. The molecular formula is C31H42N4O6. The van der Waals surface area contributed by atoms with Gasteiger partial charge in [0, 0.05) is 31.6 Å². The molecule has 222 valence electrons. The number of hydrogen-bond donors (Lipinski definition) is 4. The van der Waals surface area contributed by atoms with Crippen LogP contribution < -0.4 is 15.4 Å². The van der Waals surface area contributed by atoms with Crippen LogP contribution in [0.5, 0.6) is 5.75 Å². The summed E-state index contributed by atoms with van der Waals surface area (Å²) in [6.45, 7) is 5.13. The zero-order chi connectivity index (χ0) is 29.5. The number of amides is 3. The number of carboxylic acid groups (broad SMARTS) is 1. The number of likely N-dealkylation sites (N-methyl/N-ethyl adjacent to an activating group) is 1. The maximum atomic E-state index is 13.7. The van der Waals surface area contributed by atoms with Crippen LogP contribution in [-0.4, -0.2) is 82.9 Å². The summed E-state index contributed by atoms with van der Waals surface area (Å²) >= 11 is 0. The van der Waals surface area contributed by atoms with Crippen LogP contribution in [0.25, 0.3) is 0 Å². The van der Waals surface area contributed by atoms with Crippen molar-refractivity contribution in [2.45, 2.75) is 70.7 Å². The monoisotopic (exact) mass is 566 g/mol. The van der Waals surface area contributed by atoms with Crippen LogP contribution >= 0.6 is 0 Å². The quantitative estimate of drug-likeness (QED) is 0.358. The minimum Gasteiger partial charge on any atom is -0.486 e. The second kappa shape index (κ2) is 13.8. The van der Waals surface area contributed by atoms with E-state index in [-0.39, 0.29) is 42.2 Å². The van der Waals surface area contributed by atoms with Crippen molar-refractivity contribution in [2.75, 3.05) is 32.1 Å². The summed E-state index contributed by atoms with van der Waals surface area (Å²) in [6, 6.07) is 11.3. The first-order valence-corrected chi connectivity index (χ1v) is 14.5. The Morgan fingerprint density at radius 2 is 1.83 bits per heavy atom. The average molecular weight is 567 g/mol. The maximum Gasteiger partial charge on any atom is 0.335 e.